The molecule has 27 heavy (non-hydrogen) atoms. The smallest absolute Gasteiger partial charge is 0.321 e. The summed E-state index contributed by atoms with van der Waals surface area (Å²) in [6.07, 6.45) is 4.97. The number of nitrogens with zero attached hydrogens (tertiary/aromatic N) is 2. The largest absolute Gasteiger partial charge is 0.497 e. The number of amides is 3. The van der Waals surface area contributed by atoms with E-state index >= 15 is 0 Å². The molecule has 0 unspecified atom stereocenters. The van der Waals surface area contributed by atoms with Crippen LogP contribution in [-0.2, 0) is 11.3 Å². The molecule has 0 spiro atoms. The summed E-state index contributed by atoms with van der Waals surface area (Å²) in [6, 6.07) is 10.4. The summed E-state index contributed by atoms with van der Waals surface area (Å²) >= 11 is 1.23. The number of rotatable bonds is 7. The van der Waals surface area contributed by atoms with Gasteiger partial charge in [0.15, 0.2) is 5.16 Å². The van der Waals surface area contributed by atoms with E-state index in [0.29, 0.717) is 10.9 Å². The molecule has 0 aliphatic heterocycles. The number of benzene rings is 1. The number of ether oxygens (including phenoxy) is 1. The first-order valence-corrected chi connectivity index (χ1v) is 9.05. The van der Waals surface area contributed by atoms with Crippen LogP contribution in [0.4, 0.5) is 4.79 Å². The van der Waals surface area contributed by atoms with Crippen molar-refractivity contribution in [1.82, 2.24) is 20.2 Å². The van der Waals surface area contributed by atoms with Crippen molar-refractivity contribution in [2.45, 2.75) is 11.7 Å². The summed E-state index contributed by atoms with van der Waals surface area (Å²) in [5.41, 5.74) is 0.896. The fourth-order valence-electron chi connectivity index (χ4n) is 2.25. The summed E-state index contributed by atoms with van der Waals surface area (Å²) in [5.74, 6) is 1.00. The third kappa shape index (κ3) is 5.14. The minimum atomic E-state index is -0.574. The van der Waals surface area contributed by atoms with E-state index in [2.05, 4.69) is 15.6 Å². The molecule has 0 radical (unpaired) electrons. The highest BCUT2D eigenvalue weighted by molar-refractivity contribution is 7.99. The zero-order valence-electron chi connectivity index (χ0n) is 14.5. The van der Waals surface area contributed by atoms with Gasteiger partial charge in [0.1, 0.15) is 11.5 Å². The summed E-state index contributed by atoms with van der Waals surface area (Å²) in [4.78, 5) is 28.0. The highest BCUT2D eigenvalue weighted by Crippen LogP contribution is 2.22. The molecule has 8 nitrogen and oxygen atoms in total. The Hall–Kier alpha value is -3.20. The quantitative estimate of drug-likeness (QED) is 0.606. The lowest BCUT2D eigenvalue weighted by Crippen LogP contribution is -2.39. The molecule has 0 aliphatic rings. The van der Waals surface area contributed by atoms with Gasteiger partial charge in [0.25, 0.3) is 0 Å². The number of carbonyl (C=O) groups excluding carboxylic acids is 2. The molecule has 140 valence electrons. The van der Waals surface area contributed by atoms with E-state index in [1.54, 1.807) is 31.6 Å². The van der Waals surface area contributed by atoms with E-state index in [4.69, 9.17) is 9.15 Å². The minimum absolute atomic E-state index is 0.0569. The maximum absolute atomic E-state index is 12.0. The van der Waals surface area contributed by atoms with E-state index in [-0.39, 0.29) is 12.3 Å². The van der Waals surface area contributed by atoms with Crippen LogP contribution in [0.25, 0.3) is 5.69 Å². The predicted molar refractivity (Wildman–Crippen MR) is 99.9 cm³/mol. The Kier molecular flexibility index (Phi) is 6.16. The van der Waals surface area contributed by atoms with Crippen molar-refractivity contribution >= 4 is 23.7 Å². The van der Waals surface area contributed by atoms with E-state index in [1.807, 2.05) is 28.8 Å². The lowest BCUT2D eigenvalue weighted by atomic mass is 10.3. The standard InChI is InChI=1S/C18H18N4O4S/c1-25-14-6-4-13(5-7-14)22-9-8-19-18(22)27-12-16(23)21-17(24)20-11-15-3-2-10-26-15/h2-10H,11-12H2,1H3,(H2,20,21,23,24). The molecular weight excluding hydrogens is 368 g/mol. The molecule has 0 bridgehead atoms. The van der Waals surface area contributed by atoms with Crippen molar-refractivity contribution in [2.24, 2.45) is 0 Å². The predicted octanol–water partition coefficient (Wildman–Crippen LogP) is 2.59. The van der Waals surface area contributed by atoms with E-state index in [0.717, 1.165) is 11.4 Å². The molecule has 3 amide bonds. The zero-order valence-corrected chi connectivity index (χ0v) is 15.4. The van der Waals surface area contributed by atoms with E-state index < -0.39 is 11.9 Å². The number of imidazole rings is 1. The van der Waals surface area contributed by atoms with Gasteiger partial charge in [-0.3, -0.25) is 14.7 Å². The molecule has 0 saturated heterocycles. The van der Waals surface area contributed by atoms with Crippen molar-refractivity contribution in [3.63, 3.8) is 0 Å². The van der Waals surface area contributed by atoms with Gasteiger partial charge in [-0.15, -0.1) is 0 Å². The van der Waals surface area contributed by atoms with Gasteiger partial charge in [0, 0.05) is 18.1 Å². The Morgan fingerprint density at radius 2 is 2.07 bits per heavy atom. The molecule has 0 atom stereocenters. The van der Waals surface area contributed by atoms with Gasteiger partial charge in [0.05, 0.1) is 25.7 Å². The topological polar surface area (TPSA) is 98.4 Å². The molecule has 2 N–H and O–H groups in total. The van der Waals surface area contributed by atoms with Crippen molar-refractivity contribution in [2.75, 3.05) is 12.9 Å². The number of methoxy groups -OCH3 is 1. The summed E-state index contributed by atoms with van der Waals surface area (Å²) in [7, 11) is 1.61. The Balaban J connectivity index is 1.50. The van der Waals surface area contributed by atoms with Crippen LogP contribution in [-0.4, -0.2) is 34.4 Å². The van der Waals surface area contributed by atoms with Gasteiger partial charge in [-0.1, -0.05) is 11.8 Å². The molecule has 0 aliphatic carbocycles. The third-order valence-corrected chi connectivity index (χ3v) is 4.51. The van der Waals surface area contributed by atoms with Crippen LogP contribution >= 0.6 is 11.8 Å². The molecule has 1 aromatic carbocycles. The van der Waals surface area contributed by atoms with Crippen molar-refractivity contribution in [1.29, 1.82) is 0 Å². The third-order valence-electron chi connectivity index (χ3n) is 3.55. The summed E-state index contributed by atoms with van der Waals surface area (Å²) in [6.45, 7) is 0.209. The zero-order chi connectivity index (χ0) is 19.1. The number of hydrogen-bond acceptors (Lipinski definition) is 6. The highest BCUT2D eigenvalue weighted by atomic mass is 32.2. The van der Waals surface area contributed by atoms with Gasteiger partial charge in [-0.25, -0.2) is 9.78 Å². The lowest BCUT2D eigenvalue weighted by Gasteiger charge is -2.09. The number of furan rings is 1. The Labute approximate surface area is 159 Å². The number of urea groups is 1. The monoisotopic (exact) mass is 386 g/mol. The van der Waals surface area contributed by atoms with Crippen LogP contribution < -0.4 is 15.4 Å². The van der Waals surface area contributed by atoms with Gasteiger partial charge < -0.3 is 14.5 Å². The maximum Gasteiger partial charge on any atom is 0.321 e. The van der Waals surface area contributed by atoms with Gasteiger partial charge in [-0.05, 0) is 36.4 Å². The van der Waals surface area contributed by atoms with E-state index in [9.17, 15) is 9.59 Å². The molecule has 3 rings (SSSR count). The first kappa shape index (κ1) is 18.6. The molecule has 3 aromatic rings. The fraction of sp³-hybridized carbons (Fsp3) is 0.167. The number of hydrogen-bond donors (Lipinski definition) is 2. The lowest BCUT2D eigenvalue weighted by molar-refractivity contribution is -0.117. The number of aromatic nitrogens is 2. The molecule has 9 heteroatoms. The number of imide groups is 1. The van der Waals surface area contributed by atoms with Crippen LogP contribution in [0.1, 0.15) is 5.76 Å². The number of carbonyl (C=O) groups is 2. The Bertz CT molecular complexity index is 890. The molecule has 0 saturated carbocycles. The fourth-order valence-corrected chi connectivity index (χ4v) is 3.03. The van der Waals surface area contributed by atoms with Gasteiger partial charge in [-0.2, -0.15) is 0 Å². The summed E-state index contributed by atoms with van der Waals surface area (Å²) < 4.78 is 12.1. The van der Waals surface area contributed by atoms with Crippen LogP contribution in [0.3, 0.4) is 0 Å². The molecule has 0 fully saturated rings. The second kappa shape index (κ2) is 8.95. The molecule has 2 aromatic heterocycles. The van der Waals surface area contributed by atoms with Crippen LogP contribution in [0, 0.1) is 0 Å². The van der Waals surface area contributed by atoms with Crippen molar-refractivity contribution in [3.8, 4) is 11.4 Å². The van der Waals surface area contributed by atoms with Crippen LogP contribution in [0.5, 0.6) is 5.75 Å². The number of thioether (sulfide) groups is 1. The van der Waals surface area contributed by atoms with Crippen LogP contribution in [0.2, 0.25) is 0 Å². The van der Waals surface area contributed by atoms with E-state index in [1.165, 1.54) is 18.0 Å². The maximum atomic E-state index is 12.0. The van der Waals surface area contributed by atoms with Crippen LogP contribution in [0.15, 0.2) is 64.6 Å². The van der Waals surface area contributed by atoms with Gasteiger partial charge >= 0.3 is 6.03 Å². The van der Waals surface area contributed by atoms with Crippen molar-refractivity contribution in [3.05, 3.63) is 60.8 Å². The molecule has 2 heterocycles. The Morgan fingerprint density at radius 1 is 1.26 bits per heavy atom. The second-order valence-electron chi connectivity index (χ2n) is 5.38. The first-order chi connectivity index (χ1) is 13.2. The average molecular weight is 386 g/mol. The average Bonchev–Trinajstić information content (AvgIpc) is 3.36. The number of nitrogens with one attached hydrogen (secondary N) is 2. The normalized spacial score (nSPS) is 10.4. The SMILES string of the molecule is COc1ccc(-n2ccnc2SCC(=O)NC(=O)NCc2ccco2)cc1. The Morgan fingerprint density at radius 3 is 2.78 bits per heavy atom. The first-order valence-electron chi connectivity index (χ1n) is 8.06. The van der Waals surface area contributed by atoms with Gasteiger partial charge in [0.2, 0.25) is 5.91 Å². The highest BCUT2D eigenvalue weighted by Gasteiger charge is 2.12. The molecular formula is C18H18N4O4S. The summed E-state index contributed by atoms with van der Waals surface area (Å²) in [5, 5.41) is 5.47. The second-order valence-corrected chi connectivity index (χ2v) is 6.32. The minimum Gasteiger partial charge on any atom is -0.497 e. The van der Waals surface area contributed by atoms with Crippen molar-refractivity contribution < 1.29 is 18.7 Å².